The van der Waals surface area contributed by atoms with Crippen molar-refractivity contribution in [1.29, 1.82) is 0 Å². The molecule has 4 nitrogen and oxygen atoms in total. The van der Waals surface area contributed by atoms with Crippen molar-refractivity contribution in [3.8, 4) is 11.5 Å². The second kappa shape index (κ2) is 6.40. The van der Waals surface area contributed by atoms with Crippen molar-refractivity contribution in [2.45, 2.75) is 25.4 Å². The van der Waals surface area contributed by atoms with E-state index in [9.17, 15) is 4.79 Å². The van der Waals surface area contributed by atoms with Crippen LogP contribution < -0.4 is 9.47 Å². The van der Waals surface area contributed by atoms with Gasteiger partial charge in [0.2, 0.25) is 0 Å². The fourth-order valence-electron chi connectivity index (χ4n) is 2.05. The van der Waals surface area contributed by atoms with E-state index in [4.69, 9.17) is 14.2 Å². The van der Waals surface area contributed by atoms with E-state index in [1.165, 1.54) is 0 Å². The van der Waals surface area contributed by atoms with Crippen molar-refractivity contribution in [2.24, 2.45) is 0 Å². The molecule has 2 rings (SSSR count). The zero-order chi connectivity index (χ0) is 12.8. The number of carbonyl (C=O) groups is 1. The lowest BCUT2D eigenvalue weighted by atomic mass is 10.2. The van der Waals surface area contributed by atoms with Gasteiger partial charge in [-0.15, -0.1) is 0 Å². The molecule has 1 aromatic rings. The highest BCUT2D eigenvalue weighted by Gasteiger charge is 2.15. The molecule has 98 valence electrons. The van der Waals surface area contributed by atoms with Gasteiger partial charge < -0.3 is 14.2 Å². The third kappa shape index (κ3) is 3.23. The van der Waals surface area contributed by atoms with E-state index in [0.29, 0.717) is 29.8 Å². The Kier molecular flexibility index (Phi) is 4.59. The van der Waals surface area contributed by atoms with Crippen LogP contribution in [0, 0.1) is 0 Å². The maximum absolute atomic E-state index is 11.0. The summed E-state index contributed by atoms with van der Waals surface area (Å²) in [4.78, 5) is 11.0. The quantitative estimate of drug-likeness (QED) is 0.727. The Balaban J connectivity index is 1.89. The predicted molar refractivity (Wildman–Crippen MR) is 67.5 cm³/mol. The summed E-state index contributed by atoms with van der Waals surface area (Å²) in [6, 6.07) is 5.22. The number of methoxy groups -OCH3 is 1. The van der Waals surface area contributed by atoms with Gasteiger partial charge in [-0.05, 0) is 31.0 Å². The van der Waals surface area contributed by atoms with Gasteiger partial charge in [-0.2, -0.15) is 0 Å². The molecule has 1 atom stereocenters. The third-order valence-electron chi connectivity index (χ3n) is 3.07. The summed E-state index contributed by atoms with van der Waals surface area (Å²) in [5.41, 5.74) is 0.515. The minimum atomic E-state index is 0.308. The summed E-state index contributed by atoms with van der Waals surface area (Å²) >= 11 is 0. The van der Waals surface area contributed by atoms with Crippen molar-refractivity contribution in [2.75, 3.05) is 20.3 Å². The largest absolute Gasteiger partial charge is 0.497 e. The van der Waals surface area contributed by atoms with Gasteiger partial charge in [-0.1, -0.05) is 0 Å². The van der Waals surface area contributed by atoms with Gasteiger partial charge in [0.25, 0.3) is 0 Å². The molecule has 0 bridgehead atoms. The molecule has 1 saturated heterocycles. The lowest BCUT2D eigenvalue weighted by molar-refractivity contribution is 0.0901. The van der Waals surface area contributed by atoms with E-state index in [0.717, 1.165) is 32.2 Å². The maximum Gasteiger partial charge on any atom is 0.153 e. The summed E-state index contributed by atoms with van der Waals surface area (Å²) in [6.07, 6.45) is 4.19. The molecule has 0 N–H and O–H groups in total. The molecule has 0 aliphatic carbocycles. The molecule has 1 aliphatic rings. The first kappa shape index (κ1) is 12.9. The minimum absolute atomic E-state index is 0.308. The first-order valence-corrected chi connectivity index (χ1v) is 6.21. The van der Waals surface area contributed by atoms with Crippen LogP contribution >= 0.6 is 0 Å². The Labute approximate surface area is 107 Å². The predicted octanol–water partition coefficient (Wildman–Crippen LogP) is 2.46. The third-order valence-corrected chi connectivity index (χ3v) is 3.07. The molecule has 1 aromatic carbocycles. The fourth-order valence-corrected chi connectivity index (χ4v) is 2.05. The average Bonchev–Trinajstić information content (AvgIpc) is 2.92. The smallest absolute Gasteiger partial charge is 0.153 e. The molecule has 0 saturated carbocycles. The van der Waals surface area contributed by atoms with Crippen LogP contribution in [0.25, 0.3) is 0 Å². The Bertz CT molecular complexity index is 397. The summed E-state index contributed by atoms with van der Waals surface area (Å²) in [5, 5.41) is 0. The summed E-state index contributed by atoms with van der Waals surface area (Å²) in [7, 11) is 1.57. The van der Waals surface area contributed by atoms with Crippen LogP contribution in [-0.2, 0) is 4.74 Å². The molecular formula is C14H18O4. The molecule has 1 aliphatic heterocycles. The van der Waals surface area contributed by atoms with E-state index >= 15 is 0 Å². The van der Waals surface area contributed by atoms with Crippen molar-refractivity contribution < 1.29 is 19.0 Å². The number of aldehydes is 1. The molecule has 18 heavy (non-hydrogen) atoms. The Morgan fingerprint density at radius 3 is 3.06 bits per heavy atom. The van der Waals surface area contributed by atoms with E-state index in [-0.39, 0.29) is 0 Å². The van der Waals surface area contributed by atoms with E-state index in [2.05, 4.69) is 0 Å². The second-order valence-electron chi connectivity index (χ2n) is 4.29. The number of benzene rings is 1. The molecule has 0 spiro atoms. The first-order valence-electron chi connectivity index (χ1n) is 6.21. The topological polar surface area (TPSA) is 44.8 Å². The number of rotatable bonds is 6. The first-order chi connectivity index (χ1) is 8.83. The molecular weight excluding hydrogens is 232 g/mol. The lowest BCUT2D eigenvalue weighted by Crippen LogP contribution is -2.11. The number of carbonyl (C=O) groups excluding carboxylic acids is 1. The van der Waals surface area contributed by atoms with Crippen molar-refractivity contribution in [3.05, 3.63) is 23.8 Å². The van der Waals surface area contributed by atoms with Gasteiger partial charge in [-0.25, -0.2) is 0 Å². The Morgan fingerprint density at radius 1 is 1.50 bits per heavy atom. The normalized spacial score (nSPS) is 18.6. The van der Waals surface area contributed by atoms with Crippen LogP contribution in [0.1, 0.15) is 29.6 Å². The van der Waals surface area contributed by atoms with Crippen LogP contribution in [0.3, 0.4) is 0 Å². The lowest BCUT2D eigenvalue weighted by Gasteiger charge is -2.12. The van der Waals surface area contributed by atoms with Crippen LogP contribution in [0.15, 0.2) is 18.2 Å². The zero-order valence-corrected chi connectivity index (χ0v) is 10.6. The number of hydrogen-bond acceptors (Lipinski definition) is 4. The molecule has 0 aromatic heterocycles. The minimum Gasteiger partial charge on any atom is -0.497 e. The van der Waals surface area contributed by atoms with E-state index in [1.54, 1.807) is 25.3 Å². The Morgan fingerprint density at radius 2 is 2.39 bits per heavy atom. The molecule has 1 fully saturated rings. The maximum atomic E-state index is 11.0. The SMILES string of the molecule is COc1ccc(OCCC2CCCO2)c(C=O)c1. The van der Waals surface area contributed by atoms with E-state index < -0.39 is 0 Å². The average molecular weight is 250 g/mol. The highest BCUT2D eigenvalue weighted by Crippen LogP contribution is 2.23. The van der Waals surface area contributed by atoms with Crippen LogP contribution in [0.5, 0.6) is 11.5 Å². The summed E-state index contributed by atoms with van der Waals surface area (Å²) in [6.45, 7) is 1.42. The van der Waals surface area contributed by atoms with Gasteiger partial charge in [-0.3, -0.25) is 4.79 Å². The molecule has 1 heterocycles. The highest BCUT2D eigenvalue weighted by atomic mass is 16.5. The molecule has 4 heteroatoms. The zero-order valence-electron chi connectivity index (χ0n) is 10.6. The van der Waals surface area contributed by atoms with Crippen LogP contribution in [0.4, 0.5) is 0 Å². The molecule has 1 unspecified atom stereocenters. The van der Waals surface area contributed by atoms with Crippen molar-refractivity contribution >= 4 is 6.29 Å². The Hall–Kier alpha value is -1.55. The standard InChI is InChI=1S/C14H18O4/c1-16-13-4-5-14(11(9-13)10-15)18-8-6-12-3-2-7-17-12/h4-5,9-10,12H,2-3,6-8H2,1H3. The van der Waals surface area contributed by atoms with E-state index in [1.807, 2.05) is 0 Å². The second-order valence-corrected chi connectivity index (χ2v) is 4.29. The van der Waals surface area contributed by atoms with Gasteiger partial charge in [0.1, 0.15) is 11.5 Å². The monoisotopic (exact) mass is 250 g/mol. The van der Waals surface area contributed by atoms with Gasteiger partial charge >= 0.3 is 0 Å². The van der Waals surface area contributed by atoms with Crippen LogP contribution in [-0.4, -0.2) is 32.7 Å². The van der Waals surface area contributed by atoms with Crippen molar-refractivity contribution in [1.82, 2.24) is 0 Å². The van der Waals surface area contributed by atoms with Crippen LogP contribution in [0.2, 0.25) is 0 Å². The fraction of sp³-hybridized carbons (Fsp3) is 0.500. The number of ether oxygens (including phenoxy) is 3. The van der Waals surface area contributed by atoms with Gasteiger partial charge in [0, 0.05) is 13.0 Å². The van der Waals surface area contributed by atoms with Gasteiger partial charge in [0.05, 0.1) is 25.4 Å². The molecule has 0 amide bonds. The number of hydrogen-bond donors (Lipinski definition) is 0. The molecule has 0 radical (unpaired) electrons. The summed E-state index contributed by atoms with van der Waals surface area (Å²) in [5.74, 6) is 1.26. The highest BCUT2D eigenvalue weighted by molar-refractivity contribution is 5.80. The van der Waals surface area contributed by atoms with Crippen molar-refractivity contribution in [3.63, 3.8) is 0 Å². The summed E-state index contributed by atoms with van der Waals surface area (Å²) < 4.78 is 16.2. The van der Waals surface area contributed by atoms with Gasteiger partial charge in [0.15, 0.2) is 6.29 Å².